The van der Waals surface area contributed by atoms with Gasteiger partial charge in [0.25, 0.3) is 0 Å². The second kappa shape index (κ2) is 7.33. The summed E-state index contributed by atoms with van der Waals surface area (Å²) in [6.45, 7) is 3.03. The Hall–Kier alpha value is -2.30. The molecule has 2 aromatic rings. The van der Waals surface area contributed by atoms with Crippen molar-refractivity contribution in [1.29, 1.82) is 0 Å². The van der Waals surface area contributed by atoms with Crippen LogP contribution in [0.5, 0.6) is 0 Å². The minimum Gasteiger partial charge on any atom is -0.367 e. The Morgan fingerprint density at radius 1 is 1.25 bits per heavy atom. The Labute approximate surface area is 118 Å². The number of aromatic nitrogens is 1. The fraction of sp³-hybridized carbons (Fsp3) is 0.333. The first-order chi connectivity index (χ1) is 9.74. The molecule has 0 aliphatic rings. The molecule has 0 fully saturated rings. The number of rotatable bonds is 7. The third kappa shape index (κ3) is 4.76. The van der Waals surface area contributed by atoms with E-state index >= 15 is 0 Å². The zero-order valence-corrected chi connectivity index (χ0v) is 11.6. The van der Waals surface area contributed by atoms with E-state index in [0.717, 1.165) is 12.2 Å². The van der Waals surface area contributed by atoms with Gasteiger partial charge in [0.2, 0.25) is 5.91 Å². The van der Waals surface area contributed by atoms with E-state index in [1.54, 1.807) is 6.07 Å². The molecule has 20 heavy (non-hydrogen) atoms. The third-order valence-electron chi connectivity index (χ3n) is 2.86. The van der Waals surface area contributed by atoms with Crippen LogP contribution in [0.2, 0.25) is 0 Å². The van der Waals surface area contributed by atoms with Crippen LogP contribution in [-0.4, -0.2) is 24.2 Å². The molecule has 2 rings (SSSR count). The molecule has 5 heteroatoms. The lowest BCUT2D eigenvalue weighted by molar-refractivity contribution is -0.120. The minimum atomic E-state index is 0.0358. The molecule has 2 N–H and O–H groups in total. The molecule has 0 spiro atoms. The summed E-state index contributed by atoms with van der Waals surface area (Å²) in [6, 6.07) is 11.9. The average Bonchev–Trinajstić information content (AvgIpc) is 2.86. The zero-order valence-electron chi connectivity index (χ0n) is 11.6. The topological polar surface area (TPSA) is 67.2 Å². The van der Waals surface area contributed by atoms with Gasteiger partial charge in [-0.05, 0) is 18.9 Å². The van der Waals surface area contributed by atoms with Gasteiger partial charge in [0.05, 0.1) is 0 Å². The molecule has 0 unspecified atom stereocenters. The molecule has 106 valence electrons. The first-order valence-electron chi connectivity index (χ1n) is 6.72. The number of anilines is 1. The van der Waals surface area contributed by atoms with Gasteiger partial charge in [0.1, 0.15) is 5.76 Å². The zero-order chi connectivity index (χ0) is 14.2. The molecule has 0 saturated carbocycles. The summed E-state index contributed by atoms with van der Waals surface area (Å²) < 4.78 is 4.92. The maximum atomic E-state index is 11.6. The number of nitrogens with zero attached hydrogens (tertiary/aromatic N) is 1. The van der Waals surface area contributed by atoms with Crippen molar-refractivity contribution in [3.05, 3.63) is 47.7 Å². The van der Waals surface area contributed by atoms with Gasteiger partial charge in [0, 0.05) is 25.6 Å². The molecule has 0 radical (unpaired) electrons. The standard InChI is InChI=1S/C15H19N3O2/c1-12-11-14(18-20-12)16-10-8-15(19)17-9-7-13-5-3-2-4-6-13/h2-6,11H,7-10H2,1H3,(H,16,18)(H,17,19). The molecule has 1 heterocycles. The number of benzene rings is 1. The summed E-state index contributed by atoms with van der Waals surface area (Å²) in [5.41, 5.74) is 1.23. The molecule has 1 aromatic carbocycles. The number of aryl methyl sites for hydroxylation is 1. The number of hydrogen-bond donors (Lipinski definition) is 2. The Morgan fingerprint density at radius 3 is 2.75 bits per heavy atom. The van der Waals surface area contributed by atoms with Crippen LogP contribution in [0, 0.1) is 6.92 Å². The summed E-state index contributed by atoms with van der Waals surface area (Å²) in [5.74, 6) is 1.45. The maximum Gasteiger partial charge on any atom is 0.221 e. The second-order valence-electron chi connectivity index (χ2n) is 4.59. The van der Waals surface area contributed by atoms with Crippen molar-refractivity contribution in [2.24, 2.45) is 0 Å². The minimum absolute atomic E-state index is 0.0358. The van der Waals surface area contributed by atoms with Crippen LogP contribution in [0.15, 0.2) is 40.9 Å². The van der Waals surface area contributed by atoms with Gasteiger partial charge in [0.15, 0.2) is 5.82 Å². The lowest BCUT2D eigenvalue weighted by atomic mass is 10.1. The van der Waals surface area contributed by atoms with Crippen molar-refractivity contribution in [1.82, 2.24) is 10.5 Å². The number of nitrogens with one attached hydrogen (secondary N) is 2. The van der Waals surface area contributed by atoms with Crippen LogP contribution in [0.4, 0.5) is 5.82 Å². The van der Waals surface area contributed by atoms with Crippen LogP contribution in [0.1, 0.15) is 17.7 Å². The summed E-state index contributed by atoms with van der Waals surface area (Å²) >= 11 is 0. The van der Waals surface area contributed by atoms with Gasteiger partial charge in [-0.15, -0.1) is 0 Å². The van der Waals surface area contributed by atoms with Crippen LogP contribution in [-0.2, 0) is 11.2 Å². The first kappa shape index (κ1) is 14.1. The van der Waals surface area contributed by atoms with Crippen LogP contribution in [0.25, 0.3) is 0 Å². The van der Waals surface area contributed by atoms with Gasteiger partial charge in [-0.25, -0.2) is 0 Å². The monoisotopic (exact) mass is 273 g/mol. The van der Waals surface area contributed by atoms with Gasteiger partial charge < -0.3 is 15.2 Å². The van der Waals surface area contributed by atoms with E-state index in [-0.39, 0.29) is 5.91 Å². The van der Waals surface area contributed by atoms with E-state index in [1.165, 1.54) is 5.56 Å². The molecule has 0 bridgehead atoms. The van der Waals surface area contributed by atoms with Gasteiger partial charge >= 0.3 is 0 Å². The van der Waals surface area contributed by atoms with Gasteiger partial charge in [-0.2, -0.15) is 0 Å². The van der Waals surface area contributed by atoms with Crippen molar-refractivity contribution in [3.63, 3.8) is 0 Å². The highest BCUT2D eigenvalue weighted by molar-refractivity contribution is 5.76. The lowest BCUT2D eigenvalue weighted by Gasteiger charge is -2.05. The van der Waals surface area contributed by atoms with Crippen molar-refractivity contribution >= 4 is 11.7 Å². The lowest BCUT2D eigenvalue weighted by Crippen LogP contribution is -2.27. The average molecular weight is 273 g/mol. The van der Waals surface area contributed by atoms with Crippen molar-refractivity contribution in [2.75, 3.05) is 18.4 Å². The Balaban J connectivity index is 1.59. The smallest absolute Gasteiger partial charge is 0.221 e. The predicted molar refractivity (Wildman–Crippen MR) is 77.5 cm³/mol. The van der Waals surface area contributed by atoms with E-state index in [0.29, 0.717) is 25.3 Å². The second-order valence-corrected chi connectivity index (χ2v) is 4.59. The molecule has 0 aliphatic carbocycles. The number of hydrogen-bond acceptors (Lipinski definition) is 4. The third-order valence-corrected chi connectivity index (χ3v) is 2.86. The predicted octanol–water partition coefficient (Wildman–Crippen LogP) is 2.14. The number of amides is 1. The molecule has 1 aromatic heterocycles. The highest BCUT2D eigenvalue weighted by Gasteiger charge is 2.03. The van der Waals surface area contributed by atoms with E-state index < -0.39 is 0 Å². The Bertz CT molecular complexity index is 537. The maximum absolute atomic E-state index is 11.6. The molecular formula is C15H19N3O2. The SMILES string of the molecule is Cc1cc(NCCC(=O)NCCc2ccccc2)no1. The normalized spacial score (nSPS) is 10.2. The highest BCUT2D eigenvalue weighted by atomic mass is 16.5. The van der Waals surface area contributed by atoms with Crippen LogP contribution < -0.4 is 10.6 Å². The summed E-state index contributed by atoms with van der Waals surface area (Å²) in [6.07, 6.45) is 1.27. The largest absolute Gasteiger partial charge is 0.367 e. The summed E-state index contributed by atoms with van der Waals surface area (Å²) in [4.78, 5) is 11.6. The fourth-order valence-electron chi connectivity index (χ4n) is 1.83. The van der Waals surface area contributed by atoms with E-state index in [9.17, 15) is 4.79 Å². The first-order valence-corrected chi connectivity index (χ1v) is 6.72. The van der Waals surface area contributed by atoms with Crippen molar-refractivity contribution < 1.29 is 9.32 Å². The molecular weight excluding hydrogens is 254 g/mol. The Morgan fingerprint density at radius 2 is 2.05 bits per heavy atom. The fourth-order valence-corrected chi connectivity index (χ4v) is 1.83. The van der Waals surface area contributed by atoms with E-state index in [1.807, 2.05) is 25.1 Å². The molecule has 1 amide bonds. The molecule has 0 saturated heterocycles. The van der Waals surface area contributed by atoms with E-state index in [2.05, 4.69) is 27.9 Å². The molecule has 5 nitrogen and oxygen atoms in total. The number of carbonyl (C=O) groups excluding carboxylic acids is 1. The van der Waals surface area contributed by atoms with Gasteiger partial charge in [-0.3, -0.25) is 4.79 Å². The van der Waals surface area contributed by atoms with Crippen molar-refractivity contribution in [3.8, 4) is 0 Å². The molecule has 0 atom stereocenters. The van der Waals surface area contributed by atoms with Crippen LogP contribution in [0.3, 0.4) is 0 Å². The highest BCUT2D eigenvalue weighted by Crippen LogP contribution is 2.06. The molecule has 0 aliphatic heterocycles. The van der Waals surface area contributed by atoms with Crippen LogP contribution >= 0.6 is 0 Å². The Kier molecular flexibility index (Phi) is 5.17. The summed E-state index contributed by atoms with van der Waals surface area (Å²) in [5, 5.41) is 9.74. The van der Waals surface area contributed by atoms with Crippen molar-refractivity contribution in [2.45, 2.75) is 19.8 Å². The van der Waals surface area contributed by atoms with Gasteiger partial charge in [-0.1, -0.05) is 35.5 Å². The quantitative estimate of drug-likeness (QED) is 0.811. The summed E-state index contributed by atoms with van der Waals surface area (Å²) in [7, 11) is 0. The van der Waals surface area contributed by atoms with E-state index in [4.69, 9.17) is 4.52 Å². The number of carbonyl (C=O) groups is 1.